The molecule has 1 aliphatic rings. The van der Waals surface area contributed by atoms with Gasteiger partial charge in [-0.15, -0.1) is 0 Å². The predicted octanol–water partition coefficient (Wildman–Crippen LogP) is 5.18. The van der Waals surface area contributed by atoms with Gasteiger partial charge in [-0.2, -0.15) is 0 Å². The first-order valence-electron chi connectivity index (χ1n) is 11.4. The molecule has 0 aliphatic carbocycles. The molecule has 1 aliphatic heterocycles. The monoisotopic (exact) mass is 569 g/mol. The van der Waals surface area contributed by atoms with E-state index in [2.05, 4.69) is 10.6 Å². The molecule has 4 rings (SSSR count). The molecule has 0 unspecified atom stereocenters. The van der Waals surface area contributed by atoms with Crippen molar-refractivity contribution in [3.8, 4) is 11.5 Å². The highest BCUT2D eigenvalue weighted by Crippen LogP contribution is 2.32. The Morgan fingerprint density at radius 3 is 2.49 bits per heavy atom. The summed E-state index contributed by atoms with van der Waals surface area (Å²) in [4.78, 5) is 50.6. The van der Waals surface area contributed by atoms with Crippen LogP contribution in [0.3, 0.4) is 0 Å². The molecule has 0 bridgehead atoms. The lowest BCUT2D eigenvalue weighted by molar-refractivity contribution is -0.127. The minimum absolute atomic E-state index is 0.141. The number of thioether (sulfide) groups is 1. The summed E-state index contributed by atoms with van der Waals surface area (Å²) in [7, 11) is 1.51. The van der Waals surface area contributed by atoms with Crippen LogP contribution in [-0.4, -0.2) is 48.1 Å². The third kappa shape index (κ3) is 7.15. The molecule has 2 N–H and O–H groups in total. The third-order valence-electron chi connectivity index (χ3n) is 5.31. The summed E-state index contributed by atoms with van der Waals surface area (Å²) >= 11 is 6.41. The van der Waals surface area contributed by atoms with Gasteiger partial charge in [0.1, 0.15) is 23.9 Å². The van der Waals surface area contributed by atoms with Gasteiger partial charge in [-0.3, -0.25) is 24.1 Å². The van der Waals surface area contributed by atoms with Crippen LogP contribution in [0, 0.1) is 5.82 Å². The number of rotatable bonds is 9. The molecule has 200 valence electrons. The number of ether oxygens (including phenoxy) is 2. The van der Waals surface area contributed by atoms with E-state index in [1.807, 2.05) is 0 Å². The maximum absolute atomic E-state index is 13.3. The van der Waals surface area contributed by atoms with Crippen LogP contribution in [0.25, 0.3) is 6.08 Å². The first-order chi connectivity index (χ1) is 18.7. The fourth-order valence-corrected chi connectivity index (χ4v) is 4.47. The van der Waals surface area contributed by atoms with Crippen molar-refractivity contribution in [3.05, 3.63) is 88.0 Å². The van der Waals surface area contributed by atoms with Gasteiger partial charge in [-0.25, -0.2) is 4.39 Å². The normalized spacial score (nSPS) is 13.9. The summed E-state index contributed by atoms with van der Waals surface area (Å²) in [6, 6.07) is 17.2. The number of imide groups is 1. The van der Waals surface area contributed by atoms with Crippen molar-refractivity contribution in [2.75, 3.05) is 30.9 Å². The van der Waals surface area contributed by atoms with Gasteiger partial charge in [0.15, 0.2) is 6.61 Å². The summed E-state index contributed by atoms with van der Waals surface area (Å²) in [6.07, 6.45) is 1.51. The zero-order valence-electron chi connectivity index (χ0n) is 20.4. The van der Waals surface area contributed by atoms with Crippen molar-refractivity contribution in [1.82, 2.24) is 4.90 Å². The van der Waals surface area contributed by atoms with Gasteiger partial charge < -0.3 is 20.1 Å². The molecule has 3 aromatic carbocycles. The SMILES string of the molecule is COc1ccccc1NC(=O)COc1ccc(/C=C2\SC(=O)N(CC(=O)Nc3ccc(F)c(Cl)c3)C2=O)cc1. The Morgan fingerprint density at radius 1 is 1.03 bits per heavy atom. The lowest BCUT2D eigenvalue weighted by atomic mass is 10.2. The smallest absolute Gasteiger partial charge is 0.294 e. The molecular weight excluding hydrogens is 549 g/mol. The van der Waals surface area contributed by atoms with Crippen molar-refractivity contribution < 1.29 is 33.0 Å². The number of amides is 4. The number of nitrogens with zero attached hydrogens (tertiary/aromatic N) is 1. The van der Waals surface area contributed by atoms with Crippen LogP contribution in [0.2, 0.25) is 5.02 Å². The Morgan fingerprint density at radius 2 is 1.77 bits per heavy atom. The van der Waals surface area contributed by atoms with Gasteiger partial charge in [0.2, 0.25) is 5.91 Å². The predicted molar refractivity (Wildman–Crippen MR) is 146 cm³/mol. The van der Waals surface area contributed by atoms with E-state index in [0.717, 1.165) is 11.0 Å². The van der Waals surface area contributed by atoms with E-state index in [9.17, 15) is 23.6 Å². The summed E-state index contributed by atoms with van der Waals surface area (Å²) < 4.78 is 24.0. The molecule has 1 heterocycles. The Hall–Kier alpha value is -4.35. The molecule has 0 aromatic heterocycles. The van der Waals surface area contributed by atoms with Crippen molar-refractivity contribution in [3.63, 3.8) is 0 Å². The number of carbonyl (C=O) groups is 4. The van der Waals surface area contributed by atoms with Gasteiger partial charge in [-0.1, -0.05) is 35.9 Å². The molecule has 1 fully saturated rings. The second-order valence-electron chi connectivity index (χ2n) is 8.05. The number of carbonyl (C=O) groups excluding carboxylic acids is 4. The number of methoxy groups -OCH3 is 1. The number of halogens is 2. The van der Waals surface area contributed by atoms with E-state index in [4.69, 9.17) is 21.1 Å². The molecule has 39 heavy (non-hydrogen) atoms. The summed E-state index contributed by atoms with van der Waals surface area (Å²) in [6.45, 7) is -0.747. The van der Waals surface area contributed by atoms with E-state index in [1.165, 1.54) is 25.3 Å². The van der Waals surface area contributed by atoms with Crippen LogP contribution >= 0.6 is 23.4 Å². The maximum atomic E-state index is 13.3. The Kier molecular flexibility index (Phi) is 8.84. The highest BCUT2D eigenvalue weighted by atomic mass is 35.5. The lowest BCUT2D eigenvalue weighted by Gasteiger charge is -2.12. The Labute approximate surface area is 231 Å². The Balaban J connectivity index is 1.31. The fraction of sp³-hybridized carbons (Fsp3) is 0.111. The zero-order chi connectivity index (χ0) is 27.9. The average Bonchev–Trinajstić information content (AvgIpc) is 3.17. The molecule has 4 amide bonds. The van der Waals surface area contributed by atoms with E-state index >= 15 is 0 Å². The second-order valence-corrected chi connectivity index (χ2v) is 9.45. The fourth-order valence-electron chi connectivity index (χ4n) is 3.45. The van der Waals surface area contributed by atoms with Crippen LogP contribution in [0.4, 0.5) is 20.6 Å². The van der Waals surface area contributed by atoms with Gasteiger partial charge in [0, 0.05) is 5.69 Å². The minimum Gasteiger partial charge on any atom is -0.495 e. The van der Waals surface area contributed by atoms with Crippen molar-refractivity contribution in [2.24, 2.45) is 0 Å². The summed E-state index contributed by atoms with van der Waals surface area (Å²) in [5.41, 5.74) is 1.36. The highest BCUT2D eigenvalue weighted by molar-refractivity contribution is 8.18. The molecule has 0 saturated carbocycles. The number of benzene rings is 3. The third-order valence-corrected chi connectivity index (χ3v) is 6.50. The number of hydrogen-bond donors (Lipinski definition) is 2. The van der Waals surface area contributed by atoms with Gasteiger partial charge in [0.05, 0.1) is 22.7 Å². The molecule has 1 saturated heterocycles. The zero-order valence-corrected chi connectivity index (χ0v) is 22.0. The molecule has 0 atom stereocenters. The maximum Gasteiger partial charge on any atom is 0.294 e. The van der Waals surface area contributed by atoms with Crippen molar-refractivity contribution >= 4 is 63.8 Å². The van der Waals surface area contributed by atoms with Crippen LogP contribution in [-0.2, 0) is 14.4 Å². The van der Waals surface area contributed by atoms with Gasteiger partial charge in [0.25, 0.3) is 17.1 Å². The number of anilines is 2. The molecule has 3 aromatic rings. The van der Waals surface area contributed by atoms with Gasteiger partial charge in [-0.05, 0) is 65.9 Å². The Bertz CT molecular complexity index is 1460. The van der Waals surface area contributed by atoms with Gasteiger partial charge >= 0.3 is 0 Å². The molecule has 0 radical (unpaired) electrons. The molecule has 12 heteroatoms. The minimum atomic E-state index is -0.641. The van der Waals surface area contributed by atoms with Crippen molar-refractivity contribution in [1.29, 1.82) is 0 Å². The standard InChI is InChI=1S/C27H21ClFN3O6S/c1-37-22-5-3-2-4-21(22)31-25(34)15-38-18-9-6-16(7-10-18)12-23-26(35)32(27(36)39-23)14-24(33)30-17-8-11-20(29)19(28)13-17/h2-13H,14-15H2,1H3,(H,30,33)(H,31,34)/b23-12-. The first kappa shape index (κ1) is 27.7. The highest BCUT2D eigenvalue weighted by Gasteiger charge is 2.36. The second kappa shape index (κ2) is 12.5. The van der Waals surface area contributed by atoms with Crippen LogP contribution in [0.15, 0.2) is 71.6 Å². The van der Waals surface area contributed by atoms with Crippen LogP contribution in [0.5, 0.6) is 11.5 Å². The average molecular weight is 570 g/mol. The number of para-hydroxylation sites is 2. The quantitative estimate of drug-likeness (QED) is 0.341. The summed E-state index contributed by atoms with van der Waals surface area (Å²) in [5.74, 6) is -1.32. The molecular formula is C27H21ClFN3O6S. The number of nitrogens with one attached hydrogen (secondary N) is 2. The van der Waals surface area contributed by atoms with Crippen LogP contribution < -0.4 is 20.1 Å². The van der Waals surface area contributed by atoms with E-state index in [-0.39, 0.29) is 28.1 Å². The van der Waals surface area contributed by atoms with Crippen LogP contribution in [0.1, 0.15) is 5.56 Å². The first-order valence-corrected chi connectivity index (χ1v) is 12.6. The van der Waals surface area contributed by atoms with E-state index < -0.39 is 29.4 Å². The molecule has 0 spiro atoms. The summed E-state index contributed by atoms with van der Waals surface area (Å²) in [5, 5.41) is 4.42. The van der Waals surface area contributed by atoms with E-state index in [0.29, 0.717) is 34.5 Å². The largest absolute Gasteiger partial charge is 0.495 e. The number of hydrogen-bond acceptors (Lipinski definition) is 7. The molecule has 9 nitrogen and oxygen atoms in total. The topological polar surface area (TPSA) is 114 Å². The van der Waals surface area contributed by atoms with Crippen molar-refractivity contribution in [2.45, 2.75) is 0 Å². The lowest BCUT2D eigenvalue weighted by Crippen LogP contribution is -2.36. The van der Waals surface area contributed by atoms with E-state index in [1.54, 1.807) is 48.5 Å².